The Labute approximate surface area is 187 Å². The van der Waals surface area contributed by atoms with E-state index in [4.69, 9.17) is 0 Å². The smallest absolute Gasteiger partial charge is 0.254 e. The van der Waals surface area contributed by atoms with Crippen LogP contribution in [0.2, 0.25) is 0 Å². The van der Waals surface area contributed by atoms with Crippen LogP contribution in [0.3, 0.4) is 0 Å². The van der Waals surface area contributed by atoms with Crippen molar-refractivity contribution < 1.29 is 14.3 Å². The van der Waals surface area contributed by atoms with E-state index in [1.54, 1.807) is 4.68 Å². The van der Waals surface area contributed by atoms with Crippen LogP contribution in [0.1, 0.15) is 57.4 Å². The normalized spacial score (nSPS) is 20.3. The topological polar surface area (TPSA) is 58.4 Å². The van der Waals surface area contributed by atoms with E-state index in [0.29, 0.717) is 24.1 Å². The maximum absolute atomic E-state index is 15.0. The number of hydrogen-bond acceptors (Lipinski definition) is 3. The lowest BCUT2D eigenvalue weighted by atomic mass is 9.91. The number of aryl methyl sites for hydroxylation is 1. The van der Waals surface area contributed by atoms with Crippen molar-refractivity contribution in [2.24, 2.45) is 7.05 Å². The third kappa shape index (κ3) is 3.43. The van der Waals surface area contributed by atoms with Crippen molar-refractivity contribution in [3.8, 4) is 11.3 Å². The minimum Gasteiger partial charge on any atom is -0.391 e. The zero-order chi connectivity index (χ0) is 22.6. The van der Waals surface area contributed by atoms with Crippen LogP contribution in [0.5, 0.6) is 0 Å². The fourth-order valence-corrected chi connectivity index (χ4v) is 5.19. The Kier molecular flexibility index (Phi) is 5.13. The molecule has 32 heavy (non-hydrogen) atoms. The van der Waals surface area contributed by atoms with Crippen molar-refractivity contribution in [3.05, 3.63) is 75.7 Å². The molecule has 1 fully saturated rings. The number of nitrogens with zero attached hydrogens (tertiary/aromatic N) is 3. The second kappa shape index (κ2) is 7.85. The quantitative estimate of drug-likeness (QED) is 0.667. The minimum absolute atomic E-state index is 0.0127. The second-order valence-electron chi connectivity index (χ2n) is 9.17. The summed E-state index contributed by atoms with van der Waals surface area (Å²) in [6, 6.07) is 8.93. The van der Waals surface area contributed by atoms with Gasteiger partial charge in [0.2, 0.25) is 0 Å². The number of benzene rings is 2. The van der Waals surface area contributed by atoms with E-state index in [1.165, 1.54) is 6.07 Å². The molecule has 0 saturated heterocycles. The van der Waals surface area contributed by atoms with E-state index >= 15 is 0 Å². The number of fused-ring (bicyclic) bond motifs is 1. The van der Waals surface area contributed by atoms with Crippen molar-refractivity contribution in [1.82, 2.24) is 14.7 Å². The first-order valence-corrected chi connectivity index (χ1v) is 11.2. The highest BCUT2D eigenvalue weighted by atomic mass is 19.1. The molecular weight excluding hydrogens is 405 g/mol. The molecule has 1 aliphatic carbocycles. The summed E-state index contributed by atoms with van der Waals surface area (Å²) in [7, 11) is 1.84. The first-order valence-electron chi connectivity index (χ1n) is 11.2. The number of aliphatic hydroxyl groups is 1. The predicted octanol–water partition coefficient (Wildman–Crippen LogP) is 4.30. The van der Waals surface area contributed by atoms with Gasteiger partial charge in [-0.15, -0.1) is 0 Å². The van der Waals surface area contributed by atoms with E-state index in [9.17, 15) is 14.3 Å². The zero-order valence-corrected chi connectivity index (χ0v) is 18.7. The molecular formula is C26H28FN3O2. The van der Waals surface area contributed by atoms with E-state index in [1.807, 2.05) is 56.3 Å². The monoisotopic (exact) mass is 433 g/mol. The maximum atomic E-state index is 15.0. The van der Waals surface area contributed by atoms with Crippen LogP contribution < -0.4 is 0 Å². The van der Waals surface area contributed by atoms with Crippen LogP contribution in [0.4, 0.5) is 4.39 Å². The van der Waals surface area contributed by atoms with Gasteiger partial charge in [-0.25, -0.2) is 4.39 Å². The van der Waals surface area contributed by atoms with E-state index in [0.717, 1.165) is 52.8 Å². The van der Waals surface area contributed by atoms with Crippen LogP contribution in [-0.4, -0.2) is 37.8 Å². The molecule has 1 aliphatic heterocycles. The van der Waals surface area contributed by atoms with Gasteiger partial charge in [-0.1, -0.05) is 12.1 Å². The Morgan fingerprint density at radius 1 is 1.12 bits per heavy atom. The highest BCUT2D eigenvalue weighted by Gasteiger charge is 2.39. The fraction of sp³-hybridized carbons (Fsp3) is 0.385. The van der Waals surface area contributed by atoms with Crippen LogP contribution >= 0.6 is 0 Å². The van der Waals surface area contributed by atoms with Gasteiger partial charge in [-0.05, 0) is 79.1 Å². The molecule has 1 amide bonds. The summed E-state index contributed by atoms with van der Waals surface area (Å²) >= 11 is 0. The summed E-state index contributed by atoms with van der Waals surface area (Å²) in [5.74, 6) is -0.283. The Morgan fingerprint density at radius 2 is 1.94 bits per heavy atom. The van der Waals surface area contributed by atoms with Gasteiger partial charge in [0.15, 0.2) is 0 Å². The molecule has 5 rings (SSSR count). The Morgan fingerprint density at radius 3 is 2.59 bits per heavy atom. The summed E-state index contributed by atoms with van der Waals surface area (Å²) in [5.41, 5.74) is 6.98. The van der Waals surface area contributed by atoms with E-state index in [-0.39, 0.29) is 17.8 Å². The Bertz CT molecular complexity index is 1220. The molecule has 3 aromatic rings. The van der Waals surface area contributed by atoms with E-state index in [2.05, 4.69) is 5.10 Å². The van der Waals surface area contributed by atoms with Crippen molar-refractivity contribution in [2.75, 3.05) is 0 Å². The predicted molar refractivity (Wildman–Crippen MR) is 121 cm³/mol. The molecule has 2 aliphatic rings. The van der Waals surface area contributed by atoms with Gasteiger partial charge in [0, 0.05) is 37.3 Å². The fourth-order valence-electron chi connectivity index (χ4n) is 5.19. The molecule has 2 heterocycles. The lowest BCUT2D eigenvalue weighted by molar-refractivity contribution is 0.0479. The molecule has 0 radical (unpaired) electrons. The van der Waals surface area contributed by atoms with Gasteiger partial charge >= 0.3 is 0 Å². The molecule has 1 N–H and O–H groups in total. The number of carbonyl (C=O) groups is 1. The van der Waals surface area contributed by atoms with Gasteiger partial charge in [0.25, 0.3) is 5.91 Å². The molecule has 5 nitrogen and oxygen atoms in total. The third-order valence-corrected chi connectivity index (χ3v) is 7.25. The number of carbonyl (C=O) groups excluding carboxylic acids is 1. The summed E-state index contributed by atoms with van der Waals surface area (Å²) < 4.78 is 16.7. The van der Waals surface area contributed by atoms with Crippen molar-refractivity contribution >= 4 is 5.91 Å². The van der Waals surface area contributed by atoms with Crippen LogP contribution in [0.15, 0.2) is 36.5 Å². The Balaban J connectivity index is 1.44. The highest BCUT2D eigenvalue weighted by Crippen LogP contribution is 2.36. The van der Waals surface area contributed by atoms with Gasteiger partial charge < -0.3 is 10.0 Å². The van der Waals surface area contributed by atoms with Gasteiger partial charge in [-0.2, -0.15) is 5.10 Å². The lowest BCUT2D eigenvalue weighted by Crippen LogP contribution is -2.40. The highest BCUT2D eigenvalue weighted by molar-refractivity contribution is 5.99. The number of hydrogen-bond donors (Lipinski definition) is 1. The number of rotatable bonds is 4. The summed E-state index contributed by atoms with van der Waals surface area (Å²) in [4.78, 5) is 15.0. The van der Waals surface area contributed by atoms with E-state index < -0.39 is 6.10 Å². The lowest BCUT2D eigenvalue weighted by Gasteiger charge is -2.26. The average Bonchev–Trinajstić information content (AvgIpc) is 3.47. The summed E-state index contributed by atoms with van der Waals surface area (Å²) in [5, 5.41) is 14.7. The molecule has 2 aromatic carbocycles. The maximum Gasteiger partial charge on any atom is 0.254 e. The van der Waals surface area contributed by atoms with Gasteiger partial charge in [-0.3, -0.25) is 9.48 Å². The molecule has 0 bridgehead atoms. The van der Waals surface area contributed by atoms with Crippen LogP contribution in [0, 0.1) is 19.7 Å². The SMILES string of the molecule is Cc1c(Cc2ccc(-c3ccn(C)n3)cc2F)cc2c(c1C)CN(C1CCCC1O)C2=O. The zero-order valence-electron chi connectivity index (χ0n) is 18.7. The molecule has 166 valence electrons. The van der Waals surface area contributed by atoms with Crippen LogP contribution in [0.25, 0.3) is 11.3 Å². The number of aliphatic hydroxyl groups excluding tert-OH is 1. The van der Waals surface area contributed by atoms with Crippen LogP contribution in [-0.2, 0) is 20.0 Å². The second-order valence-corrected chi connectivity index (χ2v) is 9.17. The molecule has 6 heteroatoms. The number of aromatic nitrogens is 2. The molecule has 0 spiro atoms. The third-order valence-electron chi connectivity index (χ3n) is 7.25. The Hall–Kier alpha value is -2.99. The number of halogens is 1. The first kappa shape index (κ1) is 20.9. The van der Waals surface area contributed by atoms with Crippen molar-refractivity contribution in [3.63, 3.8) is 0 Å². The number of amides is 1. The molecule has 1 saturated carbocycles. The van der Waals surface area contributed by atoms with Crippen molar-refractivity contribution in [2.45, 2.75) is 58.2 Å². The first-order chi connectivity index (χ1) is 15.3. The van der Waals surface area contributed by atoms with Gasteiger partial charge in [0.1, 0.15) is 5.82 Å². The minimum atomic E-state index is -0.444. The van der Waals surface area contributed by atoms with Crippen molar-refractivity contribution in [1.29, 1.82) is 0 Å². The van der Waals surface area contributed by atoms with Gasteiger partial charge in [0.05, 0.1) is 17.8 Å². The summed E-state index contributed by atoms with van der Waals surface area (Å²) in [6.45, 7) is 4.64. The molecule has 1 aromatic heterocycles. The average molecular weight is 434 g/mol. The largest absolute Gasteiger partial charge is 0.391 e. The molecule has 2 unspecified atom stereocenters. The standard InChI is InChI=1S/C26H28FN3O2/c1-15-16(2)21-14-30(24-5-4-6-25(24)31)26(32)20(21)12-19(15)11-17-7-8-18(13-22(17)27)23-9-10-29(3)28-23/h7-10,12-13,24-25,31H,4-6,11,14H2,1-3H3. The molecule has 2 atom stereocenters. The summed E-state index contributed by atoms with van der Waals surface area (Å²) in [6.07, 6.45) is 4.36.